The topological polar surface area (TPSA) is 66.4 Å². The number of nitrogens with one attached hydrogen (secondary N) is 1. The first-order valence-corrected chi connectivity index (χ1v) is 3.12. The van der Waals surface area contributed by atoms with Gasteiger partial charge in [0.1, 0.15) is 0 Å². The molecule has 1 amide bonds. The monoisotopic (exact) mass is 145 g/mol. The molecule has 0 aliphatic carbocycles. The minimum atomic E-state index is -0.983. The summed E-state index contributed by atoms with van der Waals surface area (Å²) in [6.45, 7) is 2.48. The summed E-state index contributed by atoms with van der Waals surface area (Å²) in [7, 11) is 0.0802. The van der Waals surface area contributed by atoms with Gasteiger partial charge < -0.3 is 0 Å². The van der Waals surface area contributed by atoms with Crippen molar-refractivity contribution < 1.29 is 14.7 Å². The SMILES string of the molecule is CC(=O)NB=PC(=O)O. The average molecular weight is 145 g/mol. The predicted molar refractivity (Wildman–Crippen MR) is 34.5 cm³/mol. The Morgan fingerprint density at radius 2 is 2.22 bits per heavy atom. The van der Waals surface area contributed by atoms with Crippen molar-refractivity contribution in [1.29, 1.82) is 0 Å². The Morgan fingerprint density at radius 3 is 2.56 bits per heavy atom. The molecule has 48 valence electrons. The summed E-state index contributed by atoms with van der Waals surface area (Å²) in [5, 5.41) is 10.3. The third kappa shape index (κ3) is 7.30. The molecule has 0 unspecified atom stereocenters. The van der Waals surface area contributed by atoms with E-state index in [0.29, 0.717) is 0 Å². The Bertz CT molecular complexity index is 157. The number of carboxylic acid groups (broad SMARTS) is 1. The molecule has 0 aromatic carbocycles. The molecule has 0 saturated carbocycles. The van der Waals surface area contributed by atoms with E-state index in [1.165, 1.54) is 13.7 Å². The fourth-order valence-electron chi connectivity index (χ4n) is 0.178. The molecule has 0 aromatic rings. The van der Waals surface area contributed by atoms with Gasteiger partial charge in [-0.15, -0.1) is 0 Å². The second kappa shape index (κ2) is 4.21. The van der Waals surface area contributed by atoms with Crippen molar-refractivity contribution in [3.05, 3.63) is 0 Å². The number of hydrogen-bond donors (Lipinski definition) is 2. The summed E-state index contributed by atoms with van der Waals surface area (Å²) >= 11 is 0. The average Bonchev–Trinajstić information content (AvgIpc) is 1.63. The van der Waals surface area contributed by atoms with Gasteiger partial charge in [-0.05, 0) is 0 Å². The zero-order valence-electron chi connectivity index (χ0n) is 4.79. The molecular formula is C3H5BNO3P. The molecule has 0 heterocycles. The van der Waals surface area contributed by atoms with E-state index in [1.807, 2.05) is 0 Å². The molecule has 0 aliphatic rings. The molecule has 6 heteroatoms. The molecule has 0 spiro atoms. The van der Waals surface area contributed by atoms with Gasteiger partial charge in [0.15, 0.2) is 0 Å². The molecule has 0 rings (SSSR count). The van der Waals surface area contributed by atoms with Crippen molar-refractivity contribution in [3.63, 3.8) is 0 Å². The molecule has 0 saturated heterocycles. The molecule has 4 nitrogen and oxygen atoms in total. The van der Waals surface area contributed by atoms with Crippen molar-refractivity contribution >= 4 is 26.4 Å². The van der Waals surface area contributed by atoms with Gasteiger partial charge in [0.25, 0.3) is 0 Å². The van der Waals surface area contributed by atoms with E-state index < -0.39 is 5.71 Å². The zero-order valence-corrected chi connectivity index (χ0v) is 5.68. The van der Waals surface area contributed by atoms with Crippen molar-refractivity contribution in [3.8, 4) is 0 Å². The van der Waals surface area contributed by atoms with Gasteiger partial charge >= 0.3 is 53.3 Å². The first-order valence-electron chi connectivity index (χ1n) is 2.15. The number of carbonyl (C=O) groups excluding carboxylic acids is 1. The van der Waals surface area contributed by atoms with Crippen LogP contribution < -0.4 is 5.23 Å². The van der Waals surface area contributed by atoms with E-state index >= 15 is 0 Å². The Kier molecular flexibility index (Phi) is 3.89. The quantitative estimate of drug-likeness (QED) is 0.433. The van der Waals surface area contributed by atoms with E-state index in [1.54, 1.807) is 0 Å². The third-order valence-corrected chi connectivity index (χ3v) is 0.922. The van der Waals surface area contributed by atoms with Gasteiger partial charge in [-0.25, -0.2) is 0 Å². The molecule has 0 radical (unpaired) electrons. The van der Waals surface area contributed by atoms with E-state index in [2.05, 4.69) is 5.23 Å². The van der Waals surface area contributed by atoms with Crippen LogP contribution in [-0.2, 0) is 4.79 Å². The molecule has 0 bridgehead atoms. The van der Waals surface area contributed by atoms with Crippen molar-refractivity contribution in [1.82, 2.24) is 5.23 Å². The van der Waals surface area contributed by atoms with Crippen LogP contribution in [0.2, 0.25) is 0 Å². The number of hydrogen-bond acceptors (Lipinski definition) is 2. The normalized spacial score (nSPS) is 8.56. The van der Waals surface area contributed by atoms with Crippen LogP contribution in [0.25, 0.3) is 0 Å². The van der Waals surface area contributed by atoms with Gasteiger partial charge in [-0.2, -0.15) is 0 Å². The van der Waals surface area contributed by atoms with Crippen LogP contribution in [0, 0.1) is 0 Å². The molecule has 0 atom stereocenters. The van der Waals surface area contributed by atoms with Crippen LogP contribution in [0.5, 0.6) is 0 Å². The Labute approximate surface area is 54.2 Å². The van der Waals surface area contributed by atoms with Crippen molar-refractivity contribution in [2.75, 3.05) is 0 Å². The van der Waals surface area contributed by atoms with Gasteiger partial charge in [0.05, 0.1) is 0 Å². The predicted octanol–water partition coefficient (Wildman–Crippen LogP) is 0.281. The fraction of sp³-hybridized carbons (Fsp3) is 0.333. The van der Waals surface area contributed by atoms with Crippen LogP contribution in [0.4, 0.5) is 4.79 Å². The van der Waals surface area contributed by atoms with E-state index in [-0.39, 0.29) is 14.0 Å². The molecule has 9 heavy (non-hydrogen) atoms. The third-order valence-electron chi connectivity index (χ3n) is 0.443. The summed E-state index contributed by atoms with van der Waals surface area (Å²) < 4.78 is 0. The second-order valence-corrected chi connectivity index (χ2v) is 2.14. The standard InChI is InChI=1S/C3H5BNO3P/c1-2(6)5-4-9-3(7)8/h1H3,(H,5,6)(H,7,8). The van der Waals surface area contributed by atoms with Gasteiger partial charge in [-0.1, -0.05) is 0 Å². The Balaban J connectivity index is 3.48. The summed E-state index contributed by atoms with van der Waals surface area (Å²) in [4.78, 5) is 19.9. The molecule has 2 N–H and O–H groups in total. The Morgan fingerprint density at radius 1 is 1.67 bits per heavy atom. The minimum absolute atomic E-state index is 0.0802. The van der Waals surface area contributed by atoms with Gasteiger partial charge in [0.2, 0.25) is 0 Å². The van der Waals surface area contributed by atoms with Crippen molar-refractivity contribution in [2.45, 2.75) is 6.92 Å². The summed E-state index contributed by atoms with van der Waals surface area (Å²) in [6.07, 6.45) is 0. The maximum absolute atomic E-state index is 10.1. The number of rotatable bonds is 2. The Hall–Kier alpha value is -0.695. The fourth-order valence-corrected chi connectivity index (χ4v) is 0.535. The van der Waals surface area contributed by atoms with E-state index in [0.717, 1.165) is 0 Å². The van der Waals surface area contributed by atoms with Gasteiger partial charge in [-0.3, -0.25) is 0 Å². The maximum atomic E-state index is 10.1. The van der Waals surface area contributed by atoms with Crippen LogP contribution >= 0.6 is 8.07 Å². The van der Waals surface area contributed by atoms with E-state index in [4.69, 9.17) is 5.11 Å². The second-order valence-electron chi connectivity index (χ2n) is 1.24. The molecule has 0 aliphatic heterocycles. The van der Waals surface area contributed by atoms with Crippen LogP contribution in [0.15, 0.2) is 0 Å². The zero-order chi connectivity index (χ0) is 7.28. The summed E-state index contributed by atoms with van der Waals surface area (Å²) in [5.74, 6) is -0.260. The first-order chi connectivity index (χ1) is 4.13. The number of carbonyl (C=O) groups is 2. The molecular weight excluding hydrogens is 140 g/mol. The number of amides is 1. The van der Waals surface area contributed by atoms with Gasteiger partial charge in [0, 0.05) is 0 Å². The van der Waals surface area contributed by atoms with E-state index in [9.17, 15) is 9.59 Å². The summed E-state index contributed by atoms with van der Waals surface area (Å²) in [5.41, 5.74) is -0.983. The summed E-state index contributed by atoms with van der Waals surface area (Å²) in [6, 6.07) is 0. The molecule has 0 aromatic heterocycles. The van der Waals surface area contributed by atoms with Crippen LogP contribution in [0.1, 0.15) is 6.92 Å². The first kappa shape index (κ1) is 8.30. The molecule has 0 fully saturated rings. The van der Waals surface area contributed by atoms with Crippen LogP contribution in [0.3, 0.4) is 0 Å². The van der Waals surface area contributed by atoms with Crippen molar-refractivity contribution in [2.24, 2.45) is 0 Å². The van der Waals surface area contributed by atoms with Crippen LogP contribution in [-0.4, -0.2) is 23.5 Å².